The van der Waals surface area contributed by atoms with Crippen LogP contribution >= 0.6 is 0 Å². The predicted molar refractivity (Wildman–Crippen MR) is 74.8 cm³/mol. The molecule has 3 rings (SSSR count). The van der Waals surface area contributed by atoms with Gasteiger partial charge in [-0.1, -0.05) is 13.8 Å². The Hall–Kier alpha value is -0.570. The summed E-state index contributed by atoms with van der Waals surface area (Å²) in [5.41, 5.74) is 0. The van der Waals surface area contributed by atoms with Gasteiger partial charge in [-0.25, -0.2) is 0 Å². The molecular formula is C16H27NO2. The number of rotatable bonds is 2. The average molecular weight is 265 g/mol. The first-order valence-electron chi connectivity index (χ1n) is 8.09. The number of fused-ring (bicyclic) bond motifs is 2. The minimum absolute atomic E-state index is 0.175. The lowest BCUT2D eigenvalue weighted by Crippen LogP contribution is -2.40. The predicted octanol–water partition coefficient (Wildman–Crippen LogP) is 2.84. The summed E-state index contributed by atoms with van der Waals surface area (Å²) >= 11 is 0. The molecule has 19 heavy (non-hydrogen) atoms. The van der Waals surface area contributed by atoms with E-state index in [2.05, 4.69) is 18.7 Å². The summed E-state index contributed by atoms with van der Waals surface area (Å²) < 4.78 is 5.84. The Morgan fingerprint density at radius 3 is 2.63 bits per heavy atom. The van der Waals surface area contributed by atoms with E-state index in [0.717, 1.165) is 37.8 Å². The summed E-state index contributed by atoms with van der Waals surface area (Å²) in [6, 6.07) is 0. The highest BCUT2D eigenvalue weighted by atomic mass is 16.5. The molecule has 3 saturated heterocycles. The summed E-state index contributed by atoms with van der Waals surface area (Å²) in [5.74, 6) is 2.11. The van der Waals surface area contributed by atoms with Gasteiger partial charge in [0.2, 0.25) is 5.91 Å². The van der Waals surface area contributed by atoms with Crippen LogP contribution in [0.5, 0.6) is 0 Å². The zero-order chi connectivity index (χ0) is 13.4. The topological polar surface area (TPSA) is 29.5 Å². The zero-order valence-electron chi connectivity index (χ0n) is 12.3. The highest BCUT2D eigenvalue weighted by Crippen LogP contribution is 2.40. The number of hydrogen-bond donors (Lipinski definition) is 0. The maximum atomic E-state index is 12.7. The van der Waals surface area contributed by atoms with Crippen LogP contribution in [-0.2, 0) is 9.53 Å². The van der Waals surface area contributed by atoms with E-state index in [4.69, 9.17) is 4.74 Å². The Bertz CT molecular complexity index is 342. The molecule has 0 saturated carbocycles. The molecule has 0 N–H and O–H groups in total. The van der Waals surface area contributed by atoms with Crippen molar-refractivity contribution in [3.05, 3.63) is 0 Å². The van der Waals surface area contributed by atoms with Crippen molar-refractivity contribution in [2.24, 2.45) is 17.8 Å². The molecule has 0 aromatic rings. The fourth-order valence-electron chi connectivity index (χ4n) is 4.14. The Morgan fingerprint density at radius 1 is 1.16 bits per heavy atom. The molecule has 3 heterocycles. The summed E-state index contributed by atoms with van der Waals surface area (Å²) in [4.78, 5) is 14.8. The van der Waals surface area contributed by atoms with Gasteiger partial charge in [-0.2, -0.15) is 0 Å². The summed E-state index contributed by atoms with van der Waals surface area (Å²) in [6.07, 6.45) is 7.52. The van der Waals surface area contributed by atoms with E-state index in [1.54, 1.807) is 0 Å². The Morgan fingerprint density at radius 2 is 2.00 bits per heavy atom. The van der Waals surface area contributed by atoms with E-state index < -0.39 is 0 Å². The molecule has 0 radical (unpaired) electrons. The van der Waals surface area contributed by atoms with Gasteiger partial charge in [0.05, 0.1) is 18.1 Å². The molecule has 0 aromatic carbocycles. The van der Waals surface area contributed by atoms with E-state index in [1.807, 2.05) is 0 Å². The monoisotopic (exact) mass is 265 g/mol. The fraction of sp³-hybridized carbons (Fsp3) is 0.938. The molecule has 3 aliphatic rings. The van der Waals surface area contributed by atoms with E-state index in [-0.39, 0.29) is 12.0 Å². The second-order valence-corrected chi connectivity index (χ2v) is 6.98. The van der Waals surface area contributed by atoms with Gasteiger partial charge in [0.15, 0.2) is 0 Å². The van der Waals surface area contributed by atoms with Crippen molar-refractivity contribution in [3.63, 3.8) is 0 Å². The molecule has 3 fully saturated rings. The van der Waals surface area contributed by atoms with Gasteiger partial charge in [0.1, 0.15) is 0 Å². The standard InChI is InChI=1S/C16H27NO2/c1-11(2)12-4-3-8-17(9-7-12)16(18)14-10-13-5-6-15(14)19-13/h11-15H,3-10H2,1-2H3. The first-order chi connectivity index (χ1) is 9.15. The van der Waals surface area contributed by atoms with Gasteiger partial charge in [0, 0.05) is 13.1 Å². The van der Waals surface area contributed by atoms with E-state index in [0.29, 0.717) is 12.0 Å². The minimum atomic E-state index is 0.175. The van der Waals surface area contributed by atoms with Crippen molar-refractivity contribution in [3.8, 4) is 0 Å². The van der Waals surface area contributed by atoms with E-state index in [9.17, 15) is 4.79 Å². The number of hydrogen-bond acceptors (Lipinski definition) is 2. The molecule has 4 unspecified atom stereocenters. The summed E-state index contributed by atoms with van der Waals surface area (Å²) in [5, 5.41) is 0. The average Bonchev–Trinajstić information content (AvgIpc) is 2.92. The Labute approximate surface area is 116 Å². The molecule has 0 aliphatic carbocycles. The fourth-order valence-corrected chi connectivity index (χ4v) is 4.14. The molecule has 3 aliphatic heterocycles. The summed E-state index contributed by atoms with van der Waals surface area (Å²) in [7, 11) is 0. The number of amides is 1. The SMILES string of the molecule is CC(C)C1CCCN(C(=O)C2CC3CCC2O3)CC1. The largest absolute Gasteiger partial charge is 0.374 e. The van der Waals surface area contributed by atoms with E-state index >= 15 is 0 Å². The van der Waals surface area contributed by atoms with Crippen molar-refractivity contribution < 1.29 is 9.53 Å². The van der Waals surface area contributed by atoms with Gasteiger partial charge in [-0.3, -0.25) is 4.79 Å². The minimum Gasteiger partial charge on any atom is -0.374 e. The smallest absolute Gasteiger partial charge is 0.228 e. The molecule has 0 aromatic heterocycles. The lowest BCUT2D eigenvalue weighted by atomic mass is 9.88. The molecule has 0 spiro atoms. The van der Waals surface area contributed by atoms with Crippen molar-refractivity contribution in [2.45, 2.75) is 64.6 Å². The second kappa shape index (κ2) is 5.43. The van der Waals surface area contributed by atoms with Crippen LogP contribution in [0.3, 0.4) is 0 Å². The van der Waals surface area contributed by atoms with Gasteiger partial charge < -0.3 is 9.64 Å². The van der Waals surface area contributed by atoms with Crippen LogP contribution < -0.4 is 0 Å². The number of carbonyl (C=O) groups is 1. The number of likely N-dealkylation sites (tertiary alicyclic amines) is 1. The first-order valence-corrected chi connectivity index (χ1v) is 8.09. The van der Waals surface area contributed by atoms with Crippen LogP contribution in [0, 0.1) is 17.8 Å². The van der Waals surface area contributed by atoms with Crippen LogP contribution in [0.15, 0.2) is 0 Å². The zero-order valence-corrected chi connectivity index (χ0v) is 12.3. The third kappa shape index (κ3) is 2.67. The number of carbonyl (C=O) groups excluding carboxylic acids is 1. The Balaban J connectivity index is 1.58. The number of ether oxygens (including phenoxy) is 1. The quantitative estimate of drug-likeness (QED) is 0.768. The summed E-state index contributed by atoms with van der Waals surface area (Å²) in [6.45, 7) is 6.56. The lowest BCUT2D eigenvalue weighted by molar-refractivity contribution is -0.137. The molecule has 3 heteroatoms. The lowest BCUT2D eigenvalue weighted by Gasteiger charge is -2.27. The molecule has 4 atom stereocenters. The van der Waals surface area contributed by atoms with Crippen molar-refractivity contribution >= 4 is 5.91 Å². The highest BCUT2D eigenvalue weighted by Gasteiger charge is 2.45. The van der Waals surface area contributed by atoms with Crippen LogP contribution in [0.1, 0.15) is 52.4 Å². The van der Waals surface area contributed by atoms with Crippen molar-refractivity contribution in [1.82, 2.24) is 4.90 Å². The van der Waals surface area contributed by atoms with Gasteiger partial charge in [0.25, 0.3) is 0 Å². The van der Waals surface area contributed by atoms with Crippen molar-refractivity contribution in [1.29, 1.82) is 0 Å². The molecular weight excluding hydrogens is 238 g/mol. The number of nitrogens with zero attached hydrogens (tertiary/aromatic N) is 1. The van der Waals surface area contributed by atoms with Gasteiger partial charge in [-0.15, -0.1) is 0 Å². The van der Waals surface area contributed by atoms with Crippen LogP contribution in [0.2, 0.25) is 0 Å². The van der Waals surface area contributed by atoms with E-state index in [1.165, 1.54) is 25.7 Å². The molecule has 2 bridgehead atoms. The second-order valence-electron chi connectivity index (χ2n) is 6.98. The molecule has 3 nitrogen and oxygen atoms in total. The normalized spacial score (nSPS) is 38.8. The third-order valence-corrected chi connectivity index (χ3v) is 5.45. The van der Waals surface area contributed by atoms with Crippen LogP contribution in [-0.4, -0.2) is 36.1 Å². The third-order valence-electron chi connectivity index (χ3n) is 5.45. The molecule has 108 valence electrons. The van der Waals surface area contributed by atoms with Crippen molar-refractivity contribution in [2.75, 3.05) is 13.1 Å². The maximum absolute atomic E-state index is 12.7. The maximum Gasteiger partial charge on any atom is 0.228 e. The van der Waals surface area contributed by atoms with Crippen LogP contribution in [0.25, 0.3) is 0 Å². The van der Waals surface area contributed by atoms with Crippen LogP contribution in [0.4, 0.5) is 0 Å². The molecule has 1 amide bonds. The Kier molecular flexibility index (Phi) is 3.84. The van der Waals surface area contributed by atoms with Gasteiger partial charge in [-0.05, 0) is 50.4 Å². The first kappa shape index (κ1) is 13.4. The van der Waals surface area contributed by atoms with Gasteiger partial charge >= 0.3 is 0 Å². The highest BCUT2D eigenvalue weighted by molar-refractivity contribution is 5.80.